The Morgan fingerprint density at radius 3 is 2.78 bits per heavy atom. The van der Waals surface area contributed by atoms with E-state index >= 15 is 0 Å². The Morgan fingerprint density at radius 1 is 1.17 bits per heavy atom. The van der Waals surface area contributed by atoms with E-state index in [4.69, 9.17) is 4.74 Å². The van der Waals surface area contributed by atoms with E-state index < -0.39 is 0 Å². The van der Waals surface area contributed by atoms with Crippen LogP contribution in [0.5, 0.6) is 5.75 Å². The van der Waals surface area contributed by atoms with Crippen LogP contribution in [0.1, 0.15) is 19.0 Å². The summed E-state index contributed by atoms with van der Waals surface area (Å²) in [6.07, 6.45) is 4.35. The average molecular weight is 310 g/mol. The standard InChI is InChI=1S/C17H18N4O2/c1-2-10-23-16-8-4-3-7-15(16)21-17(14(12-22)19-20-21)13-6-5-9-18-11-13/h3-9,11,22H,2,10,12H2,1H3. The van der Waals surface area contributed by atoms with Gasteiger partial charge in [-0.1, -0.05) is 24.3 Å². The van der Waals surface area contributed by atoms with E-state index in [1.807, 2.05) is 36.4 Å². The number of pyridine rings is 1. The van der Waals surface area contributed by atoms with E-state index in [2.05, 4.69) is 22.2 Å². The first-order valence-electron chi connectivity index (χ1n) is 7.53. The predicted octanol–water partition coefficient (Wildman–Crippen LogP) is 2.61. The SMILES string of the molecule is CCCOc1ccccc1-n1nnc(CO)c1-c1cccnc1. The van der Waals surface area contributed by atoms with Gasteiger partial charge in [-0.05, 0) is 30.7 Å². The van der Waals surface area contributed by atoms with Crippen LogP contribution in [-0.4, -0.2) is 31.7 Å². The van der Waals surface area contributed by atoms with Crippen molar-refractivity contribution >= 4 is 0 Å². The quantitative estimate of drug-likeness (QED) is 0.757. The molecule has 6 nitrogen and oxygen atoms in total. The fourth-order valence-electron chi connectivity index (χ4n) is 2.35. The number of aliphatic hydroxyl groups excluding tert-OH is 1. The summed E-state index contributed by atoms with van der Waals surface area (Å²) in [7, 11) is 0. The molecule has 3 rings (SSSR count). The van der Waals surface area contributed by atoms with Gasteiger partial charge in [0.2, 0.25) is 0 Å². The van der Waals surface area contributed by atoms with Crippen LogP contribution >= 0.6 is 0 Å². The molecule has 0 saturated heterocycles. The Kier molecular flexibility index (Phi) is 4.63. The third kappa shape index (κ3) is 3.07. The Bertz CT molecular complexity index is 771. The lowest BCUT2D eigenvalue weighted by atomic mass is 10.1. The van der Waals surface area contributed by atoms with Gasteiger partial charge in [0.05, 0.1) is 13.2 Å². The van der Waals surface area contributed by atoms with Crippen molar-refractivity contribution in [1.82, 2.24) is 20.0 Å². The third-order valence-corrected chi connectivity index (χ3v) is 3.38. The second-order valence-electron chi connectivity index (χ2n) is 5.01. The molecule has 118 valence electrons. The minimum absolute atomic E-state index is 0.192. The van der Waals surface area contributed by atoms with E-state index in [1.165, 1.54) is 0 Å². The molecule has 23 heavy (non-hydrogen) atoms. The van der Waals surface area contributed by atoms with Crippen molar-refractivity contribution in [2.75, 3.05) is 6.61 Å². The first kappa shape index (κ1) is 15.2. The van der Waals surface area contributed by atoms with E-state index in [1.54, 1.807) is 17.1 Å². The summed E-state index contributed by atoms with van der Waals surface area (Å²) < 4.78 is 7.50. The second kappa shape index (κ2) is 7.02. The minimum atomic E-state index is -0.192. The van der Waals surface area contributed by atoms with Gasteiger partial charge < -0.3 is 9.84 Å². The number of aromatic nitrogens is 4. The van der Waals surface area contributed by atoms with Gasteiger partial charge in [-0.2, -0.15) is 0 Å². The van der Waals surface area contributed by atoms with Crippen molar-refractivity contribution in [2.45, 2.75) is 20.0 Å². The lowest BCUT2D eigenvalue weighted by Gasteiger charge is -2.13. The van der Waals surface area contributed by atoms with Crippen molar-refractivity contribution in [1.29, 1.82) is 0 Å². The first-order chi connectivity index (χ1) is 11.3. The molecule has 0 unspecified atom stereocenters. The molecule has 0 bridgehead atoms. The van der Waals surface area contributed by atoms with Crippen LogP contribution in [-0.2, 0) is 6.61 Å². The molecule has 0 aliphatic carbocycles. The van der Waals surface area contributed by atoms with E-state index in [-0.39, 0.29) is 6.61 Å². The molecule has 1 N–H and O–H groups in total. The summed E-state index contributed by atoms with van der Waals surface area (Å²) in [5.41, 5.74) is 2.84. The highest BCUT2D eigenvalue weighted by atomic mass is 16.5. The Hall–Kier alpha value is -2.73. The van der Waals surface area contributed by atoms with Gasteiger partial charge in [-0.25, -0.2) is 4.68 Å². The Labute approximate surface area is 134 Å². The molecule has 0 saturated carbocycles. The van der Waals surface area contributed by atoms with Gasteiger partial charge in [-0.3, -0.25) is 4.98 Å². The summed E-state index contributed by atoms with van der Waals surface area (Å²) in [6.45, 7) is 2.49. The average Bonchev–Trinajstić information content (AvgIpc) is 3.04. The molecule has 2 heterocycles. The lowest BCUT2D eigenvalue weighted by Crippen LogP contribution is -2.05. The Morgan fingerprint density at radius 2 is 2.04 bits per heavy atom. The third-order valence-electron chi connectivity index (χ3n) is 3.38. The molecular weight excluding hydrogens is 292 g/mol. The summed E-state index contributed by atoms with van der Waals surface area (Å²) in [6, 6.07) is 11.4. The summed E-state index contributed by atoms with van der Waals surface area (Å²) in [5.74, 6) is 0.730. The van der Waals surface area contributed by atoms with Gasteiger partial charge in [0.25, 0.3) is 0 Å². The molecule has 0 aliphatic heterocycles. The molecule has 3 aromatic rings. The van der Waals surface area contributed by atoms with Crippen LogP contribution in [0.15, 0.2) is 48.8 Å². The van der Waals surface area contributed by atoms with E-state index in [9.17, 15) is 5.11 Å². The van der Waals surface area contributed by atoms with E-state index in [0.717, 1.165) is 23.4 Å². The molecule has 6 heteroatoms. The fraction of sp³-hybridized carbons (Fsp3) is 0.235. The number of ether oxygens (including phenoxy) is 1. The molecule has 0 radical (unpaired) electrons. The highest BCUT2D eigenvalue weighted by molar-refractivity contribution is 5.64. The molecule has 0 spiro atoms. The molecular formula is C17H18N4O2. The Balaban J connectivity index is 2.13. The van der Waals surface area contributed by atoms with Crippen molar-refractivity contribution in [3.05, 3.63) is 54.5 Å². The predicted molar refractivity (Wildman–Crippen MR) is 86.3 cm³/mol. The van der Waals surface area contributed by atoms with Crippen LogP contribution in [0.2, 0.25) is 0 Å². The molecule has 1 aromatic carbocycles. The minimum Gasteiger partial charge on any atom is -0.491 e. The number of hydrogen-bond donors (Lipinski definition) is 1. The second-order valence-corrected chi connectivity index (χ2v) is 5.01. The number of benzene rings is 1. The first-order valence-corrected chi connectivity index (χ1v) is 7.53. The number of hydrogen-bond acceptors (Lipinski definition) is 5. The van der Waals surface area contributed by atoms with Crippen molar-refractivity contribution in [3.8, 4) is 22.7 Å². The zero-order valence-corrected chi connectivity index (χ0v) is 12.9. The summed E-state index contributed by atoms with van der Waals surface area (Å²) in [4.78, 5) is 4.14. The van der Waals surface area contributed by atoms with Crippen molar-refractivity contribution in [2.24, 2.45) is 0 Å². The monoisotopic (exact) mass is 310 g/mol. The number of para-hydroxylation sites is 2. The van der Waals surface area contributed by atoms with Gasteiger partial charge in [-0.15, -0.1) is 5.10 Å². The fourth-order valence-corrected chi connectivity index (χ4v) is 2.35. The molecule has 2 aromatic heterocycles. The van der Waals surface area contributed by atoms with Crippen molar-refractivity contribution in [3.63, 3.8) is 0 Å². The van der Waals surface area contributed by atoms with Crippen LogP contribution < -0.4 is 4.74 Å². The normalized spacial score (nSPS) is 10.7. The maximum Gasteiger partial charge on any atom is 0.145 e. The van der Waals surface area contributed by atoms with Crippen LogP contribution in [0.25, 0.3) is 16.9 Å². The molecule has 0 amide bonds. The number of rotatable bonds is 6. The molecule has 0 atom stereocenters. The van der Waals surface area contributed by atoms with Gasteiger partial charge >= 0.3 is 0 Å². The molecule has 0 fully saturated rings. The maximum absolute atomic E-state index is 9.58. The lowest BCUT2D eigenvalue weighted by molar-refractivity contribution is 0.277. The zero-order chi connectivity index (χ0) is 16.1. The van der Waals surface area contributed by atoms with Crippen molar-refractivity contribution < 1.29 is 9.84 Å². The zero-order valence-electron chi connectivity index (χ0n) is 12.9. The van der Waals surface area contributed by atoms with Crippen LogP contribution in [0, 0.1) is 0 Å². The van der Waals surface area contributed by atoms with Crippen LogP contribution in [0.4, 0.5) is 0 Å². The van der Waals surface area contributed by atoms with Gasteiger partial charge in [0, 0.05) is 18.0 Å². The largest absolute Gasteiger partial charge is 0.491 e. The number of aliphatic hydroxyl groups is 1. The highest BCUT2D eigenvalue weighted by Gasteiger charge is 2.18. The van der Waals surface area contributed by atoms with E-state index in [0.29, 0.717) is 18.0 Å². The topological polar surface area (TPSA) is 73.1 Å². The van der Waals surface area contributed by atoms with Gasteiger partial charge in [0.1, 0.15) is 22.8 Å². The highest BCUT2D eigenvalue weighted by Crippen LogP contribution is 2.29. The number of nitrogens with zero attached hydrogens (tertiary/aromatic N) is 4. The summed E-state index contributed by atoms with van der Waals surface area (Å²) >= 11 is 0. The van der Waals surface area contributed by atoms with Crippen LogP contribution in [0.3, 0.4) is 0 Å². The smallest absolute Gasteiger partial charge is 0.145 e. The van der Waals surface area contributed by atoms with Gasteiger partial charge in [0.15, 0.2) is 0 Å². The molecule has 0 aliphatic rings. The summed E-state index contributed by atoms with van der Waals surface area (Å²) in [5, 5.41) is 17.9. The maximum atomic E-state index is 9.58.